The summed E-state index contributed by atoms with van der Waals surface area (Å²) in [5, 5.41) is 9.36. The number of hydrogen-bond donors (Lipinski definition) is 1. The number of benzene rings is 1. The van der Waals surface area contributed by atoms with Crippen molar-refractivity contribution in [2.45, 2.75) is 26.2 Å². The summed E-state index contributed by atoms with van der Waals surface area (Å²) in [6.45, 7) is 1.75. The van der Waals surface area contributed by atoms with Crippen LogP contribution < -0.4 is 0 Å². The smallest absolute Gasteiger partial charge is 0.309 e. The molecule has 1 saturated carbocycles. The first kappa shape index (κ1) is 12.6. The Labute approximate surface area is 108 Å². The second kappa shape index (κ2) is 4.41. The van der Waals surface area contributed by atoms with Crippen LogP contribution in [0.4, 0.5) is 4.39 Å². The summed E-state index contributed by atoms with van der Waals surface area (Å²) in [6, 6.07) is 4.75. The number of halogens is 2. The summed E-state index contributed by atoms with van der Waals surface area (Å²) in [4.78, 5) is 11.4. The van der Waals surface area contributed by atoms with Crippen LogP contribution in [0.25, 0.3) is 0 Å². The molecule has 0 bridgehead atoms. The van der Waals surface area contributed by atoms with E-state index in [0.29, 0.717) is 10.9 Å². The van der Waals surface area contributed by atoms with Crippen molar-refractivity contribution in [2.24, 2.45) is 11.3 Å². The molecule has 92 valence electrons. The van der Waals surface area contributed by atoms with Crippen LogP contribution in [0.5, 0.6) is 0 Å². The maximum absolute atomic E-state index is 13.4. The Morgan fingerprint density at radius 2 is 2.24 bits per heavy atom. The van der Waals surface area contributed by atoms with E-state index in [1.54, 1.807) is 19.1 Å². The Bertz CT molecular complexity index is 457. The maximum Gasteiger partial charge on any atom is 0.309 e. The van der Waals surface area contributed by atoms with Crippen LogP contribution in [0.15, 0.2) is 22.7 Å². The predicted octanol–water partition coefficient (Wildman–Crippen LogP) is 3.63. The van der Waals surface area contributed by atoms with E-state index in [4.69, 9.17) is 0 Å². The number of carboxylic acids is 1. The van der Waals surface area contributed by atoms with Crippen molar-refractivity contribution in [3.05, 3.63) is 34.1 Å². The molecule has 1 aliphatic rings. The van der Waals surface area contributed by atoms with Gasteiger partial charge >= 0.3 is 5.97 Å². The Morgan fingerprint density at radius 1 is 1.59 bits per heavy atom. The minimum absolute atomic E-state index is 0.218. The van der Waals surface area contributed by atoms with Gasteiger partial charge in [-0.15, -0.1) is 0 Å². The van der Waals surface area contributed by atoms with Crippen LogP contribution in [-0.2, 0) is 11.2 Å². The molecule has 0 aromatic heterocycles. The molecule has 0 saturated heterocycles. The monoisotopic (exact) mass is 300 g/mol. The standard InChI is InChI=1S/C13H14BrFO2/c1-13(12(16)17,9-5-6-9)7-8-3-2-4-10(15)11(8)14/h2-4,9H,5-7H2,1H3,(H,16,17). The number of rotatable bonds is 4. The van der Waals surface area contributed by atoms with Crippen LogP contribution in [-0.4, -0.2) is 11.1 Å². The first-order chi connectivity index (χ1) is 7.95. The summed E-state index contributed by atoms with van der Waals surface area (Å²) >= 11 is 3.18. The van der Waals surface area contributed by atoms with Gasteiger partial charge in [0.05, 0.1) is 9.89 Å². The largest absolute Gasteiger partial charge is 0.481 e. The molecule has 1 aromatic carbocycles. The highest BCUT2D eigenvalue weighted by atomic mass is 79.9. The molecule has 0 radical (unpaired) electrons. The molecule has 1 aliphatic carbocycles. The van der Waals surface area contributed by atoms with Gasteiger partial charge in [-0.25, -0.2) is 4.39 Å². The fraction of sp³-hybridized carbons (Fsp3) is 0.462. The van der Waals surface area contributed by atoms with E-state index in [9.17, 15) is 14.3 Å². The highest BCUT2D eigenvalue weighted by Gasteiger charge is 2.47. The molecular weight excluding hydrogens is 287 g/mol. The normalized spacial score (nSPS) is 18.8. The summed E-state index contributed by atoms with van der Waals surface area (Å²) in [5.74, 6) is -0.919. The first-order valence-corrected chi connectivity index (χ1v) is 6.40. The molecule has 0 aliphatic heterocycles. The number of hydrogen-bond acceptors (Lipinski definition) is 1. The third kappa shape index (κ3) is 2.37. The molecule has 2 rings (SSSR count). The van der Waals surface area contributed by atoms with Crippen molar-refractivity contribution in [3.63, 3.8) is 0 Å². The zero-order chi connectivity index (χ0) is 12.6. The van der Waals surface area contributed by atoms with Gasteiger partial charge in [-0.2, -0.15) is 0 Å². The van der Waals surface area contributed by atoms with E-state index < -0.39 is 11.4 Å². The molecule has 0 heterocycles. The van der Waals surface area contributed by atoms with E-state index in [0.717, 1.165) is 18.4 Å². The highest BCUT2D eigenvalue weighted by Crippen LogP contribution is 2.48. The van der Waals surface area contributed by atoms with Crippen molar-refractivity contribution < 1.29 is 14.3 Å². The Morgan fingerprint density at radius 3 is 2.76 bits per heavy atom. The molecule has 4 heteroatoms. The second-order valence-corrected chi connectivity index (χ2v) is 5.68. The van der Waals surface area contributed by atoms with Crippen LogP contribution in [0.2, 0.25) is 0 Å². The molecule has 1 N–H and O–H groups in total. The first-order valence-electron chi connectivity index (χ1n) is 5.61. The molecule has 0 amide bonds. The molecule has 2 nitrogen and oxygen atoms in total. The summed E-state index contributed by atoms with van der Waals surface area (Å²) < 4.78 is 13.8. The fourth-order valence-electron chi connectivity index (χ4n) is 2.20. The number of aliphatic carboxylic acids is 1. The molecule has 1 fully saturated rings. The van der Waals surface area contributed by atoms with E-state index in [2.05, 4.69) is 15.9 Å². The SMILES string of the molecule is CC(Cc1cccc(F)c1Br)(C(=O)O)C1CC1. The van der Waals surface area contributed by atoms with Crippen molar-refractivity contribution in [3.8, 4) is 0 Å². The quantitative estimate of drug-likeness (QED) is 0.922. The van der Waals surface area contributed by atoms with Crippen molar-refractivity contribution in [1.29, 1.82) is 0 Å². The number of carboxylic acid groups (broad SMARTS) is 1. The molecular formula is C13H14BrFO2. The molecule has 0 spiro atoms. The van der Waals surface area contributed by atoms with E-state index in [-0.39, 0.29) is 11.7 Å². The van der Waals surface area contributed by atoms with Crippen LogP contribution in [0.3, 0.4) is 0 Å². The lowest BCUT2D eigenvalue weighted by Crippen LogP contribution is -2.32. The van der Waals surface area contributed by atoms with Gasteiger partial charge in [-0.3, -0.25) is 4.79 Å². The second-order valence-electron chi connectivity index (χ2n) is 4.89. The van der Waals surface area contributed by atoms with Gasteiger partial charge in [0.25, 0.3) is 0 Å². The predicted molar refractivity (Wildman–Crippen MR) is 66.3 cm³/mol. The Hall–Kier alpha value is -0.900. The zero-order valence-electron chi connectivity index (χ0n) is 9.54. The molecule has 1 atom stereocenters. The molecule has 17 heavy (non-hydrogen) atoms. The lowest BCUT2D eigenvalue weighted by atomic mass is 9.79. The minimum atomic E-state index is -0.795. The van der Waals surface area contributed by atoms with Crippen molar-refractivity contribution >= 4 is 21.9 Å². The van der Waals surface area contributed by atoms with Gasteiger partial charge in [0.15, 0.2) is 0 Å². The van der Waals surface area contributed by atoms with Gasteiger partial charge < -0.3 is 5.11 Å². The fourth-order valence-corrected chi connectivity index (χ4v) is 2.60. The van der Waals surface area contributed by atoms with Crippen LogP contribution in [0.1, 0.15) is 25.3 Å². The summed E-state index contributed by atoms with van der Waals surface area (Å²) in [6.07, 6.45) is 2.27. The summed E-state index contributed by atoms with van der Waals surface area (Å²) in [5.41, 5.74) is -0.0575. The topological polar surface area (TPSA) is 37.3 Å². The Kier molecular flexibility index (Phi) is 3.25. The van der Waals surface area contributed by atoms with Gasteiger partial charge in [-0.05, 0) is 59.7 Å². The van der Waals surface area contributed by atoms with Gasteiger partial charge in [0, 0.05) is 0 Å². The van der Waals surface area contributed by atoms with Crippen LogP contribution >= 0.6 is 15.9 Å². The average Bonchev–Trinajstić information content (AvgIpc) is 3.08. The molecule has 1 aromatic rings. The van der Waals surface area contributed by atoms with Crippen molar-refractivity contribution in [2.75, 3.05) is 0 Å². The van der Waals surface area contributed by atoms with Gasteiger partial charge in [0.2, 0.25) is 0 Å². The molecule has 1 unspecified atom stereocenters. The Balaban J connectivity index is 2.29. The number of carbonyl (C=O) groups is 1. The zero-order valence-corrected chi connectivity index (χ0v) is 11.1. The lowest BCUT2D eigenvalue weighted by molar-refractivity contribution is -0.149. The van der Waals surface area contributed by atoms with E-state index in [1.165, 1.54) is 6.07 Å². The van der Waals surface area contributed by atoms with Gasteiger partial charge in [0.1, 0.15) is 5.82 Å². The lowest BCUT2D eigenvalue weighted by Gasteiger charge is -2.25. The van der Waals surface area contributed by atoms with E-state index in [1.807, 2.05) is 0 Å². The highest BCUT2D eigenvalue weighted by molar-refractivity contribution is 9.10. The third-order valence-electron chi connectivity index (χ3n) is 3.56. The van der Waals surface area contributed by atoms with Crippen LogP contribution in [0, 0.1) is 17.2 Å². The summed E-state index contributed by atoms with van der Waals surface area (Å²) in [7, 11) is 0. The average molecular weight is 301 g/mol. The minimum Gasteiger partial charge on any atom is -0.481 e. The maximum atomic E-state index is 13.4. The third-order valence-corrected chi connectivity index (χ3v) is 4.44. The van der Waals surface area contributed by atoms with Gasteiger partial charge in [-0.1, -0.05) is 12.1 Å². The van der Waals surface area contributed by atoms with E-state index >= 15 is 0 Å². The van der Waals surface area contributed by atoms with Crippen molar-refractivity contribution in [1.82, 2.24) is 0 Å².